The van der Waals surface area contributed by atoms with Gasteiger partial charge in [0.2, 0.25) is 0 Å². The van der Waals surface area contributed by atoms with Crippen molar-refractivity contribution in [2.75, 3.05) is 5.32 Å². The van der Waals surface area contributed by atoms with E-state index < -0.39 is 16.9 Å². The Kier molecular flexibility index (Phi) is 4.55. The molecule has 0 atom stereocenters. The number of hydrogen-bond acceptors (Lipinski definition) is 2. The maximum absolute atomic E-state index is 14.6. The van der Waals surface area contributed by atoms with E-state index in [0.717, 1.165) is 10.0 Å². The first-order valence-electron chi connectivity index (χ1n) is 8.80. The highest BCUT2D eigenvalue weighted by atomic mass is 79.9. The van der Waals surface area contributed by atoms with Gasteiger partial charge in [-0.05, 0) is 61.6 Å². The number of carboxylic acid groups (broad SMARTS) is 1. The molecule has 0 bridgehead atoms. The Labute approximate surface area is 170 Å². The number of hydrogen-bond donors (Lipinski definition) is 2. The van der Waals surface area contributed by atoms with Crippen LogP contribution in [0.1, 0.15) is 36.8 Å². The fourth-order valence-electron chi connectivity index (χ4n) is 4.39. The van der Waals surface area contributed by atoms with Crippen LogP contribution < -0.4 is 5.32 Å². The normalized spacial score (nSPS) is 26.6. The van der Waals surface area contributed by atoms with Crippen LogP contribution in [-0.4, -0.2) is 16.6 Å². The van der Waals surface area contributed by atoms with Gasteiger partial charge in [0, 0.05) is 26.2 Å². The number of anilines is 1. The fraction of sp³-hybridized carbons (Fsp3) is 0.286. The largest absolute Gasteiger partial charge is 0.480 e. The van der Waals surface area contributed by atoms with Crippen molar-refractivity contribution in [1.29, 1.82) is 0 Å². The maximum Gasteiger partial charge on any atom is 0.329 e. The lowest BCUT2D eigenvalue weighted by Crippen LogP contribution is -2.52. The van der Waals surface area contributed by atoms with E-state index in [9.17, 15) is 14.3 Å². The summed E-state index contributed by atoms with van der Waals surface area (Å²) in [5.41, 5.74) is 0.631. The Bertz CT molecular complexity index is 951. The van der Waals surface area contributed by atoms with Crippen LogP contribution in [0.15, 0.2) is 46.9 Å². The Morgan fingerprint density at radius 2 is 1.85 bits per heavy atom. The number of carboxylic acids is 1. The van der Waals surface area contributed by atoms with Crippen molar-refractivity contribution < 1.29 is 14.3 Å². The van der Waals surface area contributed by atoms with Crippen molar-refractivity contribution in [3.05, 3.63) is 68.9 Å². The van der Waals surface area contributed by atoms with E-state index in [4.69, 9.17) is 11.6 Å². The van der Waals surface area contributed by atoms with E-state index in [1.807, 2.05) is 12.1 Å². The quantitative estimate of drug-likeness (QED) is 0.605. The first-order chi connectivity index (χ1) is 12.9. The third-order valence-electron chi connectivity index (χ3n) is 5.84. The number of rotatable bonds is 3. The second-order valence-corrected chi connectivity index (χ2v) is 8.59. The van der Waals surface area contributed by atoms with Crippen LogP contribution in [-0.2, 0) is 10.2 Å². The van der Waals surface area contributed by atoms with Crippen molar-refractivity contribution in [3.8, 4) is 0 Å². The molecule has 140 valence electrons. The predicted molar refractivity (Wildman–Crippen MR) is 109 cm³/mol. The summed E-state index contributed by atoms with van der Waals surface area (Å²) in [5, 5.41) is 13.7. The molecule has 2 aromatic rings. The summed E-state index contributed by atoms with van der Waals surface area (Å²) >= 11 is 9.67. The van der Waals surface area contributed by atoms with Gasteiger partial charge in [0.05, 0.1) is 0 Å². The van der Waals surface area contributed by atoms with Gasteiger partial charge >= 0.3 is 5.97 Å². The highest BCUT2D eigenvalue weighted by Crippen LogP contribution is 2.56. The number of halogens is 3. The minimum Gasteiger partial charge on any atom is -0.480 e. The second kappa shape index (κ2) is 6.64. The van der Waals surface area contributed by atoms with E-state index in [1.54, 1.807) is 30.3 Å². The number of aliphatic carboxylic acids is 1. The Morgan fingerprint density at radius 3 is 2.52 bits per heavy atom. The van der Waals surface area contributed by atoms with Crippen LogP contribution in [0, 0.1) is 5.82 Å². The third kappa shape index (κ3) is 2.97. The molecule has 0 heterocycles. The van der Waals surface area contributed by atoms with Gasteiger partial charge in [0.25, 0.3) is 0 Å². The number of carbonyl (C=O) groups is 1. The minimum absolute atomic E-state index is 0.233. The molecule has 2 aliphatic carbocycles. The molecule has 2 aliphatic rings. The molecule has 27 heavy (non-hydrogen) atoms. The van der Waals surface area contributed by atoms with Gasteiger partial charge in [-0.2, -0.15) is 0 Å². The van der Waals surface area contributed by atoms with Gasteiger partial charge in [-0.15, -0.1) is 0 Å². The first kappa shape index (κ1) is 18.5. The molecule has 0 aromatic heterocycles. The Morgan fingerprint density at radius 1 is 1.15 bits per heavy atom. The fourth-order valence-corrected chi connectivity index (χ4v) is 5.42. The van der Waals surface area contributed by atoms with Gasteiger partial charge in [-0.1, -0.05) is 45.7 Å². The summed E-state index contributed by atoms with van der Waals surface area (Å²) in [7, 11) is 0. The molecule has 6 heteroatoms. The zero-order chi connectivity index (χ0) is 19.2. The molecule has 1 spiro atoms. The third-order valence-corrected chi connectivity index (χ3v) is 7.06. The van der Waals surface area contributed by atoms with Crippen LogP contribution in [0.5, 0.6) is 0 Å². The lowest BCUT2D eigenvalue weighted by atomic mass is 9.65. The van der Waals surface area contributed by atoms with Crippen LogP contribution in [0.3, 0.4) is 0 Å². The molecule has 0 amide bonds. The van der Waals surface area contributed by atoms with E-state index in [0.29, 0.717) is 42.0 Å². The summed E-state index contributed by atoms with van der Waals surface area (Å²) in [6, 6.07) is 12.1. The SMILES string of the molecule is O=C(O)C1(Nc2cccc(Cl)c2)CCC2(CC1)C(Br)=Cc1cccc(F)c12. The molecule has 1 fully saturated rings. The summed E-state index contributed by atoms with van der Waals surface area (Å²) in [6.45, 7) is 0. The van der Waals surface area contributed by atoms with Gasteiger partial charge in [-0.3, -0.25) is 0 Å². The summed E-state index contributed by atoms with van der Waals surface area (Å²) in [6.07, 6.45) is 3.80. The molecule has 2 aromatic carbocycles. The number of fused-ring (bicyclic) bond motifs is 2. The summed E-state index contributed by atoms with van der Waals surface area (Å²) < 4.78 is 15.6. The number of nitrogens with one attached hydrogen (secondary N) is 1. The zero-order valence-electron chi connectivity index (χ0n) is 14.4. The molecule has 2 N–H and O–H groups in total. The standard InChI is InChI=1S/C21H18BrClFNO2/c22-17-11-13-3-1-6-16(24)18(13)20(17)7-9-21(10-8-20,19(26)27)25-15-5-2-4-14(23)12-15/h1-6,11-12,25H,7-10H2,(H,26,27). The molecule has 0 radical (unpaired) electrons. The average molecular weight is 451 g/mol. The second-order valence-electron chi connectivity index (χ2n) is 7.30. The van der Waals surface area contributed by atoms with Gasteiger partial charge in [-0.25, -0.2) is 9.18 Å². The Balaban J connectivity index is 1.66. The van der Waals surface area contributed by atoms with Crippen LogP contribution in [0.25, 0.3) is 6.08 Å². The molecule has 0 unspecified atom stereocenters. The molecule has 0 saturated heterocycles. The van der Waals surface area contributed by atoms with Crippen LogP contribution >= 0.6 is 27.5 Å². The minimum atomic E-state index is -1.10. The van der Waals surface area contributed by atoms with Crippen molar-refractivity contribution >= 4 is 45.3 Å². The van der Waals surface area contributed by atoms with Crippen molar-refractivity contribution in [2.24, 2.45) is 0 Å². The Hall–Kier alpha value is -1.85. The summed E-state index contributed by atoms with van der Waals surface area (Å²) in [5.74, 6) is -1.13. The van der Waals surface area contributed by atoms with E-state index in [2.05, 4.69) is 21.2 Å². The summed E-state index contributed by atoms with van der Waals surface area (Å²) in [4.78, 5) is 12.2. The van der Waals surface area contributed by atoms with E-state index >= 15 is 0 Å². The molecule has 3 nitrogen and oxygen atoms in total. The lowest BCUT2D eigenvalue weighted by Gasteiger charge is -2.44. The predicted octanol–water partition coefficient (Wildman–Crippen LogP) is 5.98. The molecule has 1 saturated carbocycles. The monoisotopic (exact) mass is 449 g/mol. The van der Waals surface area contributed by atoms with Crippen LogP contribution in [0.4, 0.5) is 10.1 Å². The molecule has 4 rings (SSSR count). The van der Waals surface area contributed by atoms with Gasteiger partial charge in [0.15, 0.2) is 0 Å². The molecular formula is C21H18BrClFNO2. The first-order valence-corrected chi connectivity index (χ1v) is 9.97. The van der Waals surface area contributed by atoms with Crippen molar-refractivity contribution in [1.82, 2.24) is 0 Å². The number of allylic oxidation sites excluding steroid dienone is 1. The van der Waals surface area contributed by atoms with Crippen molar-refractivity contribution in [3.63, 3.8) is 0 Å². The van der Waals surface area contributed by atoms with Crippen LogP contribution in [0.2, 0.25) is 5.02 Å². The zero-order valence-corrected chi connectivity index (χ0v) is 16.8. The van der Waals surface area contributed by atoms with Gasteiger partial charge in [0.1, 0.15) is 11.4 Å². The van der Waals surface area contributed by atoms with E-state index in [-0.39, 0.29) is 5.82 Å². The van der Waals surface area contributed by atoms with Crippen molar-refractivity contribution in [2.45, 2.75) is 36.6 Å². The van der Waals surface area contributed by atoms with Gasteiger partial charge < -0.3 is 10.4 Å². The maximum atomic E-state index is 14.6. The highest BCUT2D eigenvalue weighted by molar-refractivity contribution is 9.11. The average Bonchev–Trinajstić information content (AvgIpc) is 2.90. The molecular weight excluding hydrogens is 433 g/mol. The molecule has 0 aliphatic heterocycles. The lowest BCUT2D eigenvalue weighted by molar-refractivity contribution is -0.143. The topological polar surface area (TPSA) is 49.3 Å². The van der Waals surface area contributed by atoms with E-state index in [1.165, 1.54) is 6.07 Å². The smallest absolute Gasteiger partial charge is 0.329 e. The highest BCUT2D eigenvalue weighted by Gasteiger charge is 2.52. The number of benzene rings is 2.